The van der Waals surface area contributed by atoms with Crippen LogP contribution in [-0.4, -0.2) is 24.7 Å². The number of hydrogen-bond acceptors (Lipinski definition) is 4. The Bertz CT molecular complexity index is 848. The molecule has 2 saturated carbocycles. The van der Waals surface area contributed by atoms with Crippen LogP contribution in [0.2, 0.25) is 0 Å². The number of hydrogen-bond donors (Lipinski definition) is 1. The molecule has 0 radical (unpaired) electrons. The van der Waals surface area contributed by atoms with E-state index in [4.69, 9.17) is 15.2 Å². The number of allylic oxidation sites excluding steroid dienone is 1. The van der Waals surface area contributed by atoms with Crippen molar-refractivity contribution < 1.29 is 14.3 Å². The van der Waals surface area contributed by atoms with Crippen LogP contribution < -0.4 is 10.5 Å². The summed E-state index contributed by atoms with van der Waals surface area (Å²) in [6, 6.07) is 6.47. The van der Waals surface area contributed by atoms with Gasteiger partial charge in [-0.1, -0.05) is 19.1 Å². The lowest BCUT2D eigenvalue weighted by atomic mass is 9.48. The molecule has 5 rings (SSSR count). The number of fused-ring (bicyclic) bond motifs is 3. The molecule has 4 nitrogen and oxygen atoms in total. The largest absolute Gasteiger partial charge is 0.497 e. The predicted molar refractivity (Wildman–Crippen MR) is 104 cm³/mol. The van der Waals surface area contributed by atoms with Gasteiger partial charge in [-0.25, -0.2) is 0 Å². The number of esters is 1. The van der Waals surface area contributed by atoms with Gasteiger partial charge in [-0.05, 0) is 73.3 Å². The van der Waals surface area contributed by atoms with E-state index in [0.717, 1.165) is 37.9 Å². The van der Waals surface area contributed by atoms with Crippen molar-refractivity contribution >= 4 is 5.97 Å². The van der Waals surface area contributed by atoms with Crippen LogP contribution in [0.1, 0.15) is 56.6 Å². The fourth-order valence-corrected chi connectivity index (χ4v) is 7.35. The van der Waals surface area contributed by atoms with Crippen LogP contribution in [0.5, 0.6) is 5.75 Å². The lowest BCUT2D eigenvalue weighted by Crippen LogP contribution is -2.57. The van der Waals surface area contributed by atoms with Crippen LogP contribution in [0.3, 0.4) is 0 Å². The summed E-state index contributed by atoms with van der Waals surface area (Å²) in [5, 5.41) is 0. The van der Waals surface area contributed by atoms with Gasteiger partial charge in [-0.3, -0.25) is 4.79 Å². The molecular weight excluding hydrogens is 338 g/mol. The second kappa shape index (κ2) is 5.38. The zero-order valence-electron chi connectivity index (χ0n) is 16.5. The Kier molecular flexibility index (Phi) is 3.44. The highest BCUT2D eigenvalue weighted by Crippen LogP contribution is 2.75. The van der Waals surface area contributed by atoms with E-state index in [1.165, 1.54) is 18.1 Å². The Morgan fingerprint density at radius 3 is 2.78 bits per heavy atom. The van der Waals surface area contributed by atoms with Gasteiger partial charge < -0.3 is 15.2 Å². The lowest BCUT2D eigenvalue weighted by molar-refractivity contribution is -0.170. The number of carbonyl (C=O) groups excluding carboxylic acids is 1. The van der Waals surface area contributed by atoms with Crippen molar-refractivity contribution in [3.8, 4) is 5.75 Å². The minimum Gasteiger partial charge on any atom is -0.497 e. The van der Waals surface area contributed by atoms with Gasteiger partial charge in [0.25, 0.3) is 0 Å². The summed E-state index contributed by atoms with van der Waals surface area (Å²) in [6.45, 7) is 3.83. The first-order chi connectivity index (χ1) is 12.9. The van der Waals surface area contributed by atoms with Crippen molar-refractivity contribution in [2.24, 2.45) is 22.5 Å². The minimum atomic E-state index is -0.635. The van der Waals surface area contributed by atoms with Crippen LogP contribution in [0.4, 0.5) is 0 Å². The first-order valence-electron chi connectivity index (χ1n) is 10.2. The van der Waals surface area contributed by atoms with E-state index in [1.807, 2.05) is 0 Å². The van der Waals surface area contributed by atoms with Gasteiger partial charge >= 0.3 is 5.97 Å². The number of nitrogens with two attached hydrogens (primary N) is 1. The molecule has 0 heterocycles. The van der Waals surface area contributed by atoms with Crippen molar-refractivity contribution in [3.63, 3.8) is 0 Å². The number of aryl methyl sites for hydroxylation is 1. The molecule has 1 aromatic carbocycles. The molecule has 0 saturated heterocycles. The summed E-state index contributed by atoms with van der Waals surface area (Å²) in [7, 11) is 1.73. The minimum absolute atomic E-state index is 0.0302. The van der Waals surface area contributed by atoms with E-state index in [0.29, 0.717) is 11.8 Å². The molecule has 0 spiro atoms. The third kappa shape index (κ3) is 1.90. The van der Waals surface area contributed by atoms with Crippen molar-refractivity contribution in [1.82, 2.24) is 0 Å². The van der Waals surface area contributed by atoms with E-state index < -0.39 is 5.60 Å². The fourth-order valence-electron chi connectivity index (χ4n) is 7.35. The van der Waals surface area contributed by atoms with Crippen LogP contribution in [0.25, 0.3) is 0 Å². The topological polar surface area (TPSA) is 61.5 Å². The second-order valence-corrected chi connectivity index (χ2v) is 9.26. The molecule has 0 aliphatic heterocycles. The molecule has 2 bridgehead atoms. The van der Waals surface area contributed by atoms with E-state index in [-0.39, 0.29) is 22.8 Å². The van der Waals surface area contributed by atoms with Crippen LogP contribution in [0.15, 0.2) is 30.4 Å². The van der Waals surface area contributed by atoms with Crippen molar-refractivity contribution in [2.75, 3.05) is 7.11 Å². The Morgan fingerprint density at radius 2 is 2.07 bits per heavy atom. The third-order valence-electron chi connectivity index (χ3n) is 8.52. The van der Waals surface area contributed by atoms with Crippen molar-refractivity contribution in [2.45, 2.75) is 63.5 Å². The van der Waals surface area contributed by atoms with E-state index in [2.05, 4.69) is 37.3 Å². The molecule has 1 aromatic rings. The molecular formula is C23H29NO3. The Morgan fingerprint density at radius 1 is 1.26 bits per heavy atom. The smallest absolute Gasteiger partial charge is 0.303 e. The summed E-state index contributed by atoms with van der Waals surface area (Å²) in [4.78, 5) is 11.9. The highest BCUT2D eigenvalue weighted by Gasteiger charge is 2.75. The van der Waals surface area contributed by atoms with Gasteiger partial charge in [0.15, 0.2) is 5.60 Å². The van der Waals surface area contributed by atoms with Gasteiger partial charge in [-0.2, -0.15) is 0 Å². The number of ether oxygens (including phenoxy) is 2. The monoisotopic (exact) mass is 367 g/mol. The predicted octanol–water partition coefficient (Wildman–Crippen LogP) is 3.73. The molecule has 0 unspecified atom stereocenters. The molecule has 0 amide bonds. The fraction of sp³-hybridized carbons (Fsp3) is 0.609. The molecule has 4 aliphatic rings. The average Bonchev–Trinajstić information content (AvgIpc) is 3.00. The third-order valence-corrected chi connectivity index (χ3v) is 8.52. The Balaban J connectivity index is 1.58. The quantitative estimate of drug-likeness (QED) is 0.639. The molecule has 2 N–H and O–H groups in total. The van der Waals surface area contributed by atoms with Gasteiger partial charge in [0, 0.05) is 23.8 Å². The summed E-state index contributed by atoms with van der Waals surface area (Å²) in [6.07, 6.45) is 9.84. The van der Waals surface area contributed by atoms with E-state index in [9.17, 15) is 4.79 Å². The molecule has 6 atom stereocenters. The average molecular weight is 367 g/mol. The molecule has 27 heavy (non-hydrogen) atoms. The summed E-state index contributed by atoms with van der Waals surface area (Å²) < 4.78 is 11.4. The maximum Gasteiger partial charge on any atom is 0.303 e. The number of carbonyl (C=O) groups is 1. The van der Waals surface area contributed by atoms with Crippen molar-refractivity contribution in [3.05, 3.63) is 41.5 Å². The molecule has 4 aliphatic carbocycles. The zero-order valence-corrected chi connectivity index (χ0v) is 16.5. The lowest BCUT2D eigenvalue weighted by Gasteiger charge is -2.56. The number of methoxy groups -OCH3 is 1. The molecule has 144 valence electrons. The standard InChI is InChI=1S/C23H29NO3/c1-14(25)27-23-11-10-22(13-20(23)24)19-7-4-15-12-16(26-3)5-6-17(15)18(19)8-9-21(22,23)2/h5-6,10-12,18-20H,4,7-9,13,24H2,1-3H3/t18-,19-,20-,21+,22+,23+/m1/s1. The Hall–Kier alpha value is -1.81. The second-order valence-electron chi connectivity index (χ2n) is 9.26. The normalized spacial score (nSPS) is 43.6. The SMILES string of the molecule is COc1ccc2c(c1)CC[C@@H]1[C@@H]2CC[C@@]2(C)[C@]13C=C[C@]2(OC(C)=O)[C@H](N)C3. The highest BCUT2D eigenvalue weighted by atomic mass is 16.6. The Labute approximate surface area is 161 Å². The van der Waals surface area contributed by atoms with Gasteiger partial charge in [0.05, 0.1) is 7.11 Å². The summed E-state index contributed by atoms with van der Waals surface area (Å²) >= 11 is 0. The van der Waals surface area contributed by atoms with Crippen LogP contribution in [0, 0.1) is 16.7 Å². The number of benzene rings is 1. The highest BCUT2D eigenvalue weighted by molar-refractivity contribution is 5.68. The van der Waals surface area contributed by atoms with Gasteiger partial charge in [0.2, 0.25) is 0 Å². The van der Waals surface area contributed by atoms with E-state index in [1.54, 1.807) is 7.11 Å². The summed E-state index contributed by atoms with van der Waals surface area (Å²) in [5.41, 5.74) is 8.87. The first-order valence-corrected chi connectivity index (χ1v) is 10.2. The van der Waals surface area contributed by atoms with Crippen LogP contribution in [-0.2, 0) is 16.0 Å². The van der Waals surface area contributed by atoms with Gasteiger partial charge in [0.1, 0.15) is 5.75 Å². The molecule has 0 aromatic heterocycles. The maximum atomic E-state index is 11.9. The number of rotatable bonds is 2. The first kappa shape index (κ1) is 17.3. The maximum absolute atomic E-state index is 11.9. The van der Waals surface area contributed by atoms with Crippen molar-refractivity contribution in [1.29, 1.82) is 0 Å². The summed E-state index contributed by atoms with van der Waals surface area (Å²) in [5.74, 6) is 1.83. The molecule has 2 fully saturated rings. The zero-order chi connectivity index (χ0) is 19.0. The van der Waals surface area contributed by atoms with Gasteiger partial charge in [-0.15, -0.1) is 0 Å². The molecule has 4 heteroatoms. The van der Waals surface area contributed by atoms with Crippen LogP contribution >= 0.6 is 0 Å². The van der Waals surface area contributed by atoms with E-state index >= 15 is 0 Å².